The van der Waals surface area contributed by atoms with Crippen molar-refractivity contribution in [1.82, 2.24) is 46.5 Å². The van der Waals surface area contributed by atoms with Gasteiger partial charge in [0.2, 0.25) is 35.4 Å². The molecule has 3 heterocycles. The molecule has 2 aromatic carbocycles. The number of esters is 1. The van der Waals surface area contributed by atoms with Gasteiger partial charge in [-0.15, -0.1) is 0 Å². The normalized spacial score (nSPS) is 21.7. The summed E-state index contributed by atoms with van der Waals surface area (Å²) in [7, 11) is 9.50. The van der Waals surface area contributed by atoms with E-state index in [2.05, 4.69) is 38.1 Å². The smallest absolute Gasteiger partial charge is 0.409 e. The van der Waals surface area contributed by atoms with E-state index < -0.39 is 119 Å². The number of allylic oxidation sites excluding steroid dienone is 3. The zero-order chi connectivity index (χ0) is 69.6. The first-order valence-electron chi connectivity index (χ1n) is 31.7. The van der Waals surface area contributed by atoms with Crippen molar-refractivity contribution in [1.29, 1.82) is 0 Å². The summed E-state index contributed by atoms with van der Waals surface area (Å²) in [6, 6.07) is 8.81. The van der Waals surface area contributed by atoms with E-state index in [4.69, 9.17) is 40.0 Å². The third-order valence-corrected chi connectivity index (χ3v) is 17.2. The number of benzene rings is 2. The van der Waals surface area contributed by atoms with Gasteiger partial charge >= 0.3 is 18.0 Å². The molecule has 0 saturated carbocycles. The number of aliphatic hydroxyl groups is 1. The number of carbonyl (C=O) groups excluding carboxylic acids is 8. The Bertz CT molecular complexity index is 3180. The molecule has 8 N–H and O–H groups in total. The highest BCUT2D eigenvalue weighted by atomic mass is 35.5. The molecule has 1 unspecified atom stereocenters. The van der Waals surface area contributed by atoms with Gasteiger partial charge in [0.1, 0.15) is 53.3 Å². The maximum atomic E-state index is 14.4. The van der Waals surface area contributed by atoms with Gasteiger partial charge in [0.05, 0.1) is 52.2 Å². The Hall–Kier alpha value is -7.66. The van der Waals surface area contributed by atoms with Crippen LogP contribution in [-0.2, 0) is 81.6 Å². The molecule has 2 aliphatic heterocycles. The summed E-state index contributed by atoms with van der Waals surface area (Å²) < 4.78 is 36.4. The fourth-order valence-electron chi connectivity index (χ4n) is 11.1. The van der Waals surface area contributed by atoms with E-state index >= 15 is 0 Å². The van der Waals surface area contributed by atoms with Crippen LogP contribution >= 0.6 is 11.6 Å². The van der Waals surface area contributed by atoms with Crippen LogP contribution in [0.5, 0.6) is 5.75 Å². The number of anilines is 1. The lowest BCUT2D eigenvalue weighted by Crippen LogP contribution is -2.63. The lowest BCUT2D eigenvalue weighted by Gasteiger charge is -2.42. The number of aliphatic carboxylic acids is 1. The number of nitrogens with zero attached hydrogens (tertiary/aromatic N) is 4. The molecule has 7 amide bonds. The van der Waals surface area contributed by atoms with Crippen molar-refractivity contribution < 1.29 is 81.8 Å². The minimum absolute atomic E-state index is 0.0319. The van der Waals surface area contributed by atoms with E-state index in [9.17, 15) is 53.4 Å². The second-order valence-corrected chi connectivity index (χ2v) is 24.9. The molecule has 1 saturated heterocycles. The number of hydrogen-bond acceptors (Lipinski definition) is 18. The van der Waals surface area contributed by atoms with Gasteiger partial charge in [0.25, 0.3) is 0 Å². The summed E-state index contributed by atoms with van der Waals surface area (Å²) in [6.07, 6.45) is 1.09. The molecule has 4 bridgehead atoms. The van der Waals surface area contributed by atoms with Crippen LogP contribution in [0.2, 0.25) is 5.02 Å². The number of alkyl carbamates (subject to hydrolysis) is 1. The number of aromatic nitrogens is 1. The molecule has 5 rings (SSSR count). The van der Waals surface area contributed by atoms with Gasteiger partial charge < -0.3 is 74.3 Å². The molecule has 28 heteroatoms. The average Bonchev–Trinajstić information content (AvgIpc) is 1.37. The SMILES string of the molecule is CNN(C)Cc1cc2ccccc2n1CCC(=O)N[C@@H](CCC(=O)O)C(=O)NCCOCCOCCC(=O)NC(C(=O)N[C@@H](C)C(=O)N(C)[C@@H](C)C(=O)O[C@H]1CC(=O)N(C)c2cc(cc(OC)c2Cl)C/C(C)=C/C=C/[C@@H](OC)[C@@]2(O)C[C@H](OC(=O)N2)[C@@H](C)C[C@@H]1C)C(C)C. The number of likely N-dealkylation sites (N-methyl/N-ethyl adjacent to an activating group) is 1. The second-order valence-electron chi connectivity index (χ2n) is 24.5. The van der Waals surface area contributed by atoms with Gasteiger partial charge in [-0.05, 0) is 100 Å². The lowest BCUT2D eigenvalue weighted by atomic mass is 9.83. The van der Waals surface area contributed by atoms with Crippen molar-refractivity contribution in [3.8, 4) is 5.75 Å². The van der Waals surface area contributed by atoms with Crippen molar-refractivity contribution in [3.05, 3.63) is 82.5 Å². The van der Waals surface area contributed by atoms with Crippen LogP contribution in [0.25, 0.3) is 10.9 Å². The predicted molar refractivity (Wildman–Crippen MR) is 351 cm³/mol. The highest BCUT2D eigenvalue weighted by molar-refractivity contribution is 6.35. The van der Waals surface area contributed by atoms with Gasteiger partial charge in [-0.1, -0.05) is 81.3 Å². The number of para-hydroxylation sites is 1. The largest absolute Gasteiger partial charge is 0.495 e. The monoisotopic (exact) mass is 1340 g/mol. The van der Waals surface area contributed by atoms with Crippen LogP contribution in [0.3, 0.4) is 0 Å². The fourth-order valence-corrected chi connectivity index (χ4v) is 11.4. The molecule has 94 heavy (non-hydrogen) atoms. The minimum Gasteiger partial charge on any atom is -0.495 e. The zero-order valence-electron chi connectivity index (χ0n) is 56.3. The number of amides is 7. The van der Waals surface area contributed by atoms with Crippen molar-refractivity contribution in [2.24, 2.45) is 17.8 Å². The van der Waals surface area contributed by atoms with Crippen LogP contribution < -0.4 is 41.6 Å². The van der Waals surface area contributed by atoms with Crippen LogP contribution in [-0.4, -0.2) is 202 Å². The van der Waals surface area contributed by atoms with E-state index in [1.165, 1.54) is 40.0 Å². The van der Waals surface area contributed by atoms with Crippen molar-refractivity contribution in [3.63, 3.8) is 0 Å². The van der Waals surface area contributed by atoms with Crippen molar-refractivity contribution in [2.75, 3.05) is 80.3 Å². The summed E-state index contributed by atoms with van der Waals surface area (Å²) in [6.45, 7) is 13.0. The number of ether oxygens (including phenoxy) is 6. The zero-order valence-corrected chi connectivity index (χ0v) is 57.1. The van der Waals surface area contributed by atoms with Crippen LogP contribution in [0.4, 0.5) is 10.5 Å². The number of halogens is 1. The Kier molecular flexibility index (Phi) is 30.2. The molecule has 10 atom stereocenters. The van der Waals surface area contributed by atoms with Crippen LogP contribution in [0.1, 0.15) is 105 Å². The number of methoxy groups -OCH3 is 2. The van der Waals surface area contributed by atoms with E-state index in [1.54, 1.807) is 52.1 Å². The van der Waals surface area contributed by atoms with Crippen molar-refractivity contribution >= 4 is 81.7 Å². The summed E-state index contributed by atoms with van der Waals surface area (Å²) >= 11 is 6.83. The minimum atomic E-state index is -1.86. The number of hydrogen-bond donors (Lipinski definition) is 8. The molecule has 0 aliphatic carbocycles. The number of fused-ring (bicyclic) bond motifs is 5. The van der Waals surface area contributed by atoms with Crippen LogP contribution in [0, 0.1) is 17.8 Å². The number of carboxylic acids is 1. The summed E-state index contributed by atoms with van der Waals surface area (Å²) in [5, 5.41) is 37.6. The molecule has 27 nitrogen and oxygen atoms in total. The molecular weight excluding hydrogens is 1240 g/mol. The topological polar surface area (TPSA) is 336 Å². The van der Waals surface area contributed by atoms with E-state index in [0.717, 1.165) is 32.6 Å². The molecule has 1 aromatic heterocycles. The van der Waals surface area contributed by atoms with E-state index in [1.807, 2.05) is 67.9 Å². The Morgan fingerprint density at radius 3 is 2.26 bits per heavy atom. The quantitative estimate of drug-likeness (QED) is 0.0258. The lowest BCUT2D eigenvalue weighted by molar-refractivity contribution is -0.162. The third-order valence-electron chi connectivity index (χ3n) is 16.8. The van der Waals surface area contributed by atoms with Gasteiger partial charge in [-0.25, -0.2) is 14.6 Å². The summed E-state index contributed by atoms with van der Waals surface area (Å²) in [5.41, 5.74) is 5.13. The number of carbonyl (C=O) groups is 9. The van der Waals surface area contributed by atoms with E-state index in [-0.39, 0.29) is 82.9 Å². The molecule has 0 radical (unpaired) electrons. The standard InChI is InChI=1S/C66H97ClN10O17/c1-39(2)60(72-56(79)24-27-91-29-30-92-28-25-69-61(83)48(21-22-58(81)82)71-55(78)23-26-77-47(38-74(9)68-8)35-46-18-14-15-19-49(46)77)62(84)70-43(6)63(85)75(10)44(7)64(86)93-51-36-57(80)76(11)50-33-45(34-52(89-12)59(50)67)31-40(3)17-16-20-54(90-13)66(88)37-53(94-65(87)73-66)42(5)32-41(51)4/h14-20,33-35,39,41-44,48,51,53-54,60,68,88H,21-32,36-38H2,1-13H3,(H,69,83)(H,70,84)(H,71,78)(H,72,79)(H,73,87)(H,81,82)/b20-16+,40-17+/t41-,42-,43-,44-,48-,51-,53-,54+,60?,66-/m0/s1. The fraction of sp³-hybridized carbons (Fsp3) is 0.591. The Labute approximate surface area is 555 Å². The second kappa shape index (κ2) is 36.9. The van der Waals surface area contributed by atoms with Gasteiger partial charge in [0, 0.05) is 78.2 Å². The van der Waals surface area contributed by atoms with Crippen LogP contribution in [0.15, 0.2) is 66.3 Å². The first-order valence-corrected chi connectivity index (χ1v) is 32.1. The highest BCUT2D eigenvalue weighted by Gasteiger charge is 2.47. The number of hydrazine groups is 1. The van der Waals surface area contributed by atoms with Gasteiger partial charge in [-0.2, -0.15) is 0 Å². The van der Waals surface area contributed by atoms with Gasteiger partial charge in [0.15, 0.2) is 5.72 Å². The predicted octanol–water partition coefficient (Wildman–Crippen LogP) is 4.53. The molecule has 2 aliphatic rings. The third kappa shape index (κ3) is 22.5. The molecule has 1 fully saturated rings. The molecule has 0 spiro atoms. The maximum absolute atomic E-state index is 14.4. The highest BCUT2D eigenvalue weighted by Crippen LogP contribution is 2.38. The number of aryl methyl sites for hydroxylation is 1. The molecular formula is C66H97ClN10O17. The number of rotatable bonds is 30. The summed E-state index contributed by atoms with van der Waals surface area (Å²) in [5.74, 6) is -6.40. The molecule has 3 aromatic rings. The van der Waals surface area contributed by atoms with Crippen molar-refractivity contribution in [2.45, 2.75) is 161 Å². The first kappa shape index (κ1) is 77.0. The number of nitrogens with one attached hydrogen (secondary N) is 6. The molecule has 520 valence electrons. The average molecular weight is 1340 g/mol. The Morgan fingerprint density at radius 1 is 0.894 bits per heavy atom. The maximum Gasteiger partial charge on any atom is 0.409 e. The first-order chi connectivity index (χ1) is 44.5. The summed E-state index contributed by atoms with van der Waals surface area (Å²) in [4.78, 5) is 123. The van der Waals surface area contributed by atoms with E-state index in [0.29, 0.717) is 30.9 Å². The Morgan fingerprint density at radius 2 is 1.59 bits per heavy atom. The Balaban J connectivity index is 1.11. The number of carboxylic acid groups (broad SMARTS) is 1. The van der Waals surface area contributed by atoms with Gasteiger partial charge in [-0.3, -0.25) is 44.3 Å².